The second-order valence-corrected chi connectivity index (χ2v) is 8.73. The van der Waals surface area contributed by atoms with E-state index >= 15 is 0 Å². The summed E-state index contributed by atoms with van der Waals surface area (Å²) in [5.74, 6) is -1.01. The molecule has 3 N–H and O–H groups in total. The zero-order valence-corrected chi connectivity index (χ0v) is 19.4. The number of carbonyl (C=O) groups excluding carboxylic acids is 2. The van der Waals surface area contributed by atoms with Crippen molar-refractivity contribution in [1.29, 1.82) is 0 Å². The average Bonchev–Trinajstić information content (AvgIpc) is 3.14. The lowest BCUT2D eigenvalue weighted by atomic mass is 9.98. The lowest BCUT2D eigenvalue weighted by Crippen LogP contribution is -2.53. The Morgan fingerprint density at radius 1 is 1.06 bits per heavy atom. The summed E-state index contributed by atoms with van der Waals surface area (Å²) >= 11 is 1.20. The number of carboxylic acid groups (broad SMARTS) is 1. The molecule has 0 bridgehead atoms. The van der Waals surface area contributed by atoms with Gasteiger partial charge in [-0.15, -0.1) is 11.8 Å². The summed E-state index contributed by atoms with van der Waals surface area (Å²) in [5, 5.41) is 14.0. The van der Waals surface area contributed by atoms with Gasteiger partial charge < -0.3 is 25.2 Å². The van der Waals surface area contributed by atoms with E-state index in [0.29, 0.717) is 5.75 Å². The Labute approximate surface area is 197 Å². The van der Waals surface area contributed by atoms with E-state index in [-0.39, 0.29) is 24.8 Å². The third-order valence-electron chi connectivity index (χ3n) is 5.51. The summed E-state index contributed by atoms with van der Waals surface area (Å²) in [4.78, 5) is 35.7. The minimum atomic E-state index is -0.949. The van der Waals surface area contributed by atoms with Gasteiger partial charge in [0.15, 0.2) is 0 Å². The fourth-order valence-electron chi connectivity index (χ4n) is 3.82. The highest BCUT2D eigenvalue weighted by atomic mass is 32.2. The number of amides is 2. The molecule has 8 nitrogen and oxygen atoms in total. The van der Waals surface area contributed by atoms with E-state index in [1.165, 1.54) is 18.9 Å². The third kappa shape index (κ3) is 6.27. The molecule has 0 saturated carbocycles. The first kappa shape index (κ1) is 24.6. The maximum Gasteiger partial charge on any atom is 0.407 e. The molecular formula is C24H28N2O6S. The maximum absolute atomic E-state index is 12.6. The van der Waals surface area contributed by atoms with Gasteiger partial charge >= 0.3 is 12.1 Å². The molecular weight excluding hydrogens is 444 g/mol. The Morgan fingerprint density at radius 3 is 2.24 bits per heavy atom. The minimum absolute atomic E-state index is 0.0359. The molecule has 3 rings (SSSR count). The van der Waals surface area contributed by atoms with Crippen molar-refractivity contribution in [2.24, 2.45) is 0 Å². The highest BCUT2D eigenvalue weighted by molar-refractivity contribution is 7.99. The summed E-state index contributed by atoms with van der Waals surface area (Å²) in [5.41, 5.74) is 4.47. The molecule has 0 aromatic heterocycles. The predicted octanol–water partition coefficient (Wildman–Crippen LogP) is 2.86. The minimum Gasteiger partial charge on any atom is -0.481 e. The van der Waals surface area contributed by atoms with E-state index in [4.69, 9.17) is 14.6 Å². The van der Waals surface area contributed by atoms with E-state index in [1.807, 2.05) is 36.4 Å². The Morgan fingerprint density at radius 2 is 1.67 bits per heavy atom. The number of aliphatic carboxylic acids is 1. The summed E-state index contributed by atoms with van der Waals surface area (Å²) in [7, 11) is 1.45. The lowest BCUT2D eigenvalue weighted by Gasteiger charge is -2.23. The first-order valence-corrected chi connectivity index (χ1v) is 11.8. The van der Waals surface area contributed by atoms with Crippen LogP contribution in [-0.2, 0) is 19.1 Å². The SMILES string of the molecule is COC(C)C(NC(=O)OCC1c2ccccc2-c2ccccc21)C(=O)NCCSCC(=O)O. The van der Waals surface area contributed by atoms with E-state index in [9.17, 15) is 14.4 Å². The molecule has 0 spiro atoms. The molecule has 2 aromatic rings. The van der Waals surface area contributed by atoms with Gasteiger partial charge in [0.25, 0.3) is 0 Å². The van der Waals surface area contributed by atoms with Gasteiger partial charge in [0.1, 0.15) is 12.6 Å². The van der Waals surface area contributed by atoms with Crippen LogP contribution in [0.5, 0.6) is 0 Å². The number of hydrogen-bond donors (Lipinski definition) is 3. The Hall–Kier alpha value is -3.04. The zero-order chi connectivity index (χ0) is 23.8. The third-order valence-corrected chi connectivity index (χ3v) is 6.46. The van der Waals surface area contributed by atoms with Crippen molar-refractivity contribution < 1.29 is 29.0 Å². The standard InChI is InChI=1S/C24H28N2O6S/c1-15(31-2)22(23(29)25-11-12-33-14-21(27)28)26-24(30)32-13-20-18-9-5-3-7-16(18)17-8-4-6-10-19(17)20/h3-10,15,20,22H,11-14H2,1-2H3,(H,25,29)(H,26,30)(H,27,28). The highest BCUT2D eigenvalue weighted by Gasteiger charge is 2.31. The number of nitrogens with one attached hydrogen (secondary N) is 2. The Bertz CT molecular complexity index is 953. The molecule has 0 radical (unpaired) electrons. The monoisotopic (exact) mass is 472 g/mol. The molecule has 176 valence electrons. The Balaban J connectivity index is 1.57. The number of carboxylic acids is 1. The number of rotatable bonds is 11. The average molecular weight is 473 g/mol. The number of fused-ring (bicyclic) bond motifs is 3. The van der Waals surface area contributed by atoms with Gasteiger partial charge in [-0.1, -0.05) is 48.5 Å². The summed E-state index contributed by atoms with van der Waals surface area (Å²) in [6.45, 7) is 2.09. The van der Waals surface area contributed by atoms with Crippen LogP contribution in [0.2, 0.25) is 0 Å². The van der Waals surface area contributed by atoms with Crippen LogP contribution in [0.4, 0.5) is 4.79 Å². The van der Waals surface area contributed by atoms with Crippen molar-refractivity contribution in [2.45, 2.75) is 25.0 Å². The molecule has 1 aliphatic rings. The van der Waals surface area contributed by atoms with Gasteiger partial charge in [-0.3, -0.25) is 9.59 Å². The fraction of sp³-hybridized carbons (Fsp3) is 0.375. The quantitative estimate of drug-likeness (QED) is 0.431. The molecule has 2 unspecified atom stereocenters. The highest BCUT2D eigenvalue weighted by Crippen LogP contribution is 2.44. The summed E-state index contributed by atoms with van der Waals surface area (Å²) in [6, 6.07) is 15.1. The van der Waals surface area contributed by atoms with Gasteiger partial charge in [-0.25, -0.2) is 4.79 Å². The smallest absolute Gasteiger partial charge is 0.407 e. The van der Waals surface area contributed by atoms with Crippen LogP contribution in [0.3, 0.4) is 0 Å². The second-order valence-electron chi connectivity index (χ2n) is 7.63. The fourth-order valence-corrected chi connectivity index (χ4v) is 4.38. The molecule has 0 heterocycles. The molecule has 2 amide bonds. The van der Waals surface area contributed by atoms with Crippen LogP contribution in [-0.4, -0.2) is 67.0 Å². The number of hydrogen-bond acceptors (Lipinski definition) is 6. The van der Waals surface area contributed by atoms with Gasteiger partial charge in [0.2, 0.25) is 5.91 Å². The van der Waals surface area contributed by atoms with Crippen molar-refractivity contribution in [1.82, 2.24) is 10.6 Å². The van der Waals surface area contributed by atoms with Gasteiger partial charge in [0.05, 0.1) is 11.9 Å². The Kier molecular flexibility index (Phi) is 8.73. The zero-order valence-electron chi connectivity index (χ0n) is 18.6. The van der Waals surface area contributed by atoms with E-state index in [1.54, 1.807) is 6.92 Å². The molecule has 0 fully saturated rings. The number of alkyl carbamates (subject to hydrolysis) is 1. The first-order chi connectivity index (χ1) is 15.9. The normalized spacial score (nSPS) is 14.0. The van der Waals surface area contributed by atoms with Crippen LogP contribution >= 0.6 is 11.8 Å². The molecule has 0 aliphatic heterocycles. The second kappa shape index (κ2) is 11.7. The topological polar surface area (TPSA) is 114 Å². The van der Waals surface area contributed by atoms with Crippen LogP contribution in [0.1, 0.15) is 24.0 Å². The van der Waals surface area contributed by atoms with Gasteiger partial charge in [-0.05, 0) is 29.2 Å². The maximum atomic E-state index is 12.6. The number of carbonyl (C=O) groups is 3. The van der Waals surface area contributed by atoms with Crippen LogP contribution in [0, 0.1) is 0 Å². The van der Waals surface area contributed by atoms with Crippen LogP contribution in [0.25, 0.3) is 11.1 Å². The molecule has 2 aromatic carbocycles. The van der Waals surface area contributed by atoms with Gasteiger partial charge in [0, 0.05) is 25.3 Å². The van der Waals surface area contributed by atoms with Crippen molar-refractivity contribution >= 4 is 29.7 Å². The predicted molar refractivity (Wildman–Crippen MR) is 126 cm³/mol. The van der Waals surface area contributed by atoms with E-state index in [0.717, 1.165) is 22.3 Å². The largest absolute Gasteiger partial charge is 0.481 e. The molecule has 2 atom stereocenters. The molecule has 9 heteroatoms. The van der Waals surface area contributed by atoms with Crippen molar-refractivity contribution in [3.63, 3.8) is 0 Å². The number of ether oxygens (including phenoxy) is 2. The number of benzene rings is 2. The van der Waals surface area contributed by atoms with E-state index < -0.39 is 30.1 Å². The van der Waals surface area contributed by atoms with Crippen molar-refractivity contribution in [3.8, 4) is 11.1 Å². The van der Waals surface area contributed by atoms with Crippen LogP contribution in [0.15, 0.2) is 48.5 Å². The number of methoxy groups -OCH3 is 1. The molecule has 1 aliphatic carbocycles. The van der Waals surface area contributed by atoms with Crippen molar-refractivity contribution in [2.75, 3.05) is 31.8 Å². The molecule has 0 saturated heterocycles. The summed E-state index contributed by atoms with van der Waals surface area (Å²) < 4.78 is 10.8. The van der Waals surface area contributed by atoms with E-state index in [2.05, 4.69) is 22.8 Å². The molecule has 33 heavy (non-hydrogen) atoms. The van der Waals surface area contributed by atoms with Gasteiger partial charge in [-0.2, -0.15) is 0 Å². The first-order valence-electron chi connectivity index (χ1n) is 10.6. The summed E-state index contributed by atoms with van der Waals surface area (Å²) in [6.07, 6.45) is -1.29. The lowest BCUT2D eigenvalue weighted by molar-refractivity contribution is -0.134. The van der Waals surface area contributed by atoms with Crippen molar-refractivity contribution in [3.05, 3.63) is 59.7 Å². The van der Waals surface area contributed by atoms with Crippen LogP contribution < -0.4 is 10.6 Å². The number of thioether (sulfide) groups is 1.